The zero-order chi connectivity index (χ0) is 15.7. The zero-order valence-electron chi connectivity index (χ0n) is 11.5. The molecule has 0 bridgehead atoms. The molecule has 0 aliphatic rings. The van der Waals surface area contributed by atoms with Crippen LogP contribution in [-0.2, 0) is 25.7 Å². The lowest BCUT2D eigenvalue weighted by atomic mass is 10.1. The highest BCUT2D eigenvalue weighted by molar-refractivity contribution is 5.84. The fourth-order valence-corrected chi connectivity index (χ4v) is 1.62. The second-order valence-corrected chi connectivity index (χ2v) is 4.44. The lowest BCUT2D eigenvalue weighted by Crippen LogP contribution is -2.43. The maximum absolute atomic E-state index is 11.6. The predicted octanol–water partition coefficient (Wildman–Crippen LogP) is 0.0381. The molecular formula is C14H18N2O5. The molecule has 1 aromatic rings. The molecule has 0 unspecified atom stereocenters. The summed E-state index contributed by atoms with van der Waals surface area (Å²) in [5.74, 6) is -2.38. The van der Waals surface area contributed by atoms with E-state index < -0.39 is 23.8 Å². The average molecular weight is 294 g/mol. The molecular weight excluding hydrogens is 276 g/mol. The summed E-state index contributed by atoms with van der Waals surface area (Å²) >= 11 is 0. The standard InChI is InChI=1S/C14H18N2O5/c15-12(17)7-6-11(14(19)20)16-13(18)9-21-8-10-4-2-1-3-5-10/h1-5,11H,6-9H2,(H2,15,17)(H,16,18)(H,19,20)/t11-/m0/s1. The second-order valence-electron chi connectivity index (χ2n) is 4.44. The van der Waals surface area contributed by atoms with Crippen LogP contribution in [0.2, 0.25) is 0 Å². The first-order valence-corrected chi connectivity index (χ1v) is 6.41. The summed E-state index contributed by atoms with van der Waals surface area (Å²) in [6, 6.07) is 8.12. The third kappa shape index (κ3) is 7.07. The Bertz CT molecular complexity index is 489. The van der Waals surface area contributed by atoms with E-state index in [0.29, 0.717) is 0 Å². The predicted molar refractivity (Wildman–Crippen MR) is 74.1 cm³/mol. The normalized spacial score (nSPS) is 11.6. The van der Waals surface area contributed by atoms with Crippen LogP contribution in [0.15, 0.2) is 30.3 Å². The topological polar surface area (TPSA) is 119 Å². The van der Waals surface area contributed by atoms with Gasteiger partial charge in [-0.3, -0.25) is 9.59 Å². The highest BCUT2D eigenvalue weighted by Gasteiger charge is 2.20. The highest BCUT2D eigenvalue weighted by atomic mass is 16.5. The van der Waals surface area contributed by atoms with Gasteiger partial charge in [-0.15, -0.1) is 0 Å². The van der Waals surface area contributed by atoms with E-state index in [1.54, 1.807) is 0 Å². The fraction of sp³-hybridized carbons (Fsp3) is 0.357. The SMILES string of the molecule is NC(=O)CC[C@H](NC(=O)COCc1ccccc1)C(=O)O. The minimum atomic E-state index is -1.22. The van der Waals surface area contributed by atoms with Crippen LogP contribution in [0.5, 0.6) is 0 Å². The Morgan fingerprint density at radius 2 is 1.90 bits per heavy atom. The first-order valence-electron chi connectivity index (χ1n) is 6.41. The van der Waals surface area contributed by atoms with Crippen molar-refractivity contribution in [2.45, 2.75) is 25.5 Å². The van der Waals surface area contributed by atoms with E-state index in [-0.39, 0.29) is 26.1 Å². The van der Waals surface area contributed by atoms with Gasteiger partial charge in [0.05, 0.1) is 6.61 Å². The molecule has 1 aromatic carbocycles. The average Bonchev–Trinajstić information content (AvgIpc) is 2.44. The van der Waals surface area contributed by atoms with Gasteiger partial charge < -0.3 is 20.9 Å². The Hall–Kier alpha value is -2.41. The van der Waals surface area contributed by atoms with Crippen molar-refractivity contribution < 1.29 is 24.2 Å². The summed E-state index contributed by atoms with van der Waals surface area (Å²) in [7, 11) is 0. The van der Waals surface area contributed by atoms with Crippen LogP contribution in [-0.4, -0.2) is 35.5 Å². The minimum Gasteiger partial charge on any atom is -0.480 e. The molecule has 0 saturated carbocycles. The summed E-state index contributed by atoms with van der Waals surface area (Å²) in [5, 5.41) is 11.2. The van der Waals surface area contributed by atoms with Crippen molar-refractivity contribution in [1.29, 1.82) is 0 Å². The van der Waals surface area contributed by atoms with Crippen LogP contribution >= 0.6 is 0 Å². The third-order valence-corrected chi connectivity index (χ3v) is 2.66. The molecule has 0 fully saturated rings. The number of rotatable bonds is 9. The first-order chi connectivity index (χ1) is 9.99. The van der Waals surface area contributed by atoms with Crippen molar-refractivity contribution in [3.63, 3.8) is 0 Å². The van der Waals surface area contributed by atoms with Crippen molar-refractivity contribution in [3.8, 4) is 0 Å². The first kappa shape index (κ1) is 16.6. The van der Waals surface area contributed by atoms with Gasteiger partial charge in [-0.1, -0.05) is 30.3 Å². The number of ether oxygens (including phenoxy) is 1. The van der Waals surface area contributed by atoms with Crippen LogP contribution in [0.1, 0.15) is 18.4 Å². The summed E-state index contributed by atoms with van der Waals surface area (Å²) in [5.41, 5.74) is 5.86. The Labute approximate surface area is 122 Å². The quantitative estimate of drug-likeness (QED) is 0.594. The molecule has 2 amide bonds. The number of carbonyl (C=O) groups is 3. The molecule has 0 saturated heterocycles. The molecule has 0 aliphatic heterocycles. The molecule has 4 N–H and O–H groups in total. The van der Waals surface area contributed by atoms with E-state index in [1.165, 1.54) is 0 Å². The monoisotopic (exact) mass is 294 g/mol. The largest absolute Gasteiger partial charge is 0.480 e. The minimum absolute atomic E-state index is 0.0465. The molecule has 0 heterocycles. The molecule has 1 atom stereocenters. The molecule has 114 valence electrons. The van der Waals surface area contributed by atoms with Crippen LogP contribution < -0.4 is 11.1 Å². The van der Waals surface area contributed by atoms with Gasteiger partial charge >= 0.3 is 5.97 Å². The molecule has 1 rings (SSSR count). The molecule has 0 radical (unpaired) electrons. The Morgan fingerprint density at radius 1 is 1.24 bits per heavy atom. The molecule has 7 heteroatoms. The number of nitrogens with two attached hydrogens (primary N) is 1. The van der Waals surface area contributed by atoms with E-state index in [0.717, 1.165) is 5.56 Å². The van der Waals surface area contributed by atoms with Gasteiger partial charge in [0.25, 0.3) is 0 Å². The van der Waals surface area contributed by atoms with Crippen molar-refractivity contribution in [3.05, 3.63) is 35.9 Å². The lowest BCUT2D eigenvalue weighted by Gasteiger charge is -2.13. The van der Waals surface area contributed by atoms with E-state index >= 15 is 0 Å². The van der Waals surface area contributed by atoms with Gasteiger partial charge in [-0.2, -0.15) is 0 Å². The highest BCUT2D eigenvalue weighted by Crippen LogP contribution is 2.01. The van der Waals surface area contributed by atoms with Crippen molar-refractivity contribution >= 4 is 17.8 Å². The van der Waals surface area contributed by atoms with Crippen molar-refractivity contribution in [1.82, 2.24) is 5.32 Å². The van der Waals surface area contributed by atoms with Gasteiger partial charge in [0, 0.05) is 6.42 Å². The molecule has 7 nitrogen and oxygen atoms in total. The van der Waals surface area contributed by atoms with Crippen molar-refractivity contribution in [2.75, 3.05) is 6.61 Å². The fourth-order valence-electron chi connectivity index (χ4n) is 1.62. The van der Waals surface area contributed by atoms with Gasteiger partial charge in [0.15, 0.2) is 0 Å². The number of nitrogens with one attached hydrogen (secondary N) is 1. The molecule has 0 aliphatic carbocycles. The van der Waals surface area contributed by atoms with Crippen LogP contribution in [0.3, 0.4) is 0 Å². The number of aliphatic carboxylic acids is 1. The molecule has 0 aromatic heterocycles. The molecule has 0 spiro atoms. The van der Waals surface area contributed by atoms with Crippen LogP contribution in [0.25, 0.3) is 0 Å². The summed E-state index contributed by atoms with van der Waals surface area (Å²) in [6.07, 6.45) is -0.156. The van der Waals surface area contributed by atoms with E-state index in [2.05, 4.69) is 5.32 Å². The van der Waals surface area contributed by atoms with Crippen molar-refractivity contribution in [2.24, 2.45) is 5.73 Å². The Balaban J connectivity index is 2.33. The van der Waals surface area contributed by atoms with Gasteiger partial charge in [0.2, 0.25) is 11.8 Å². The Kier molecular flexibility index (Phi) is 6.90. The lowest BCUT2D eigenvalue weighted by molar-refractivity contribution is -0.143. The maximum Gasteiger partial charge on any atom is 0.326 e. The number of hydrogen-bond acceptors (Lipinski definition) is 4. The summed E-state index contributed by atoms with van der Waals surface area (Å²) < 4.78 is 5.19. The zero-order valence-corrected chi connectivity index (χ0v) is 11.5. The van der Waals surface area contributed by atoms with E-state index in [9.17, 15) is 14.4 Å². The molecule has 21 heavy (non-hydrogen) atoms. The number of benzene rings is 1. The van der Waals surface area contributed by atoms with Crippen LogP contribution in [0, 0.1) is 0 Å². The number of carbonyl (C=O) groups excluding carboxylic acids is 2. The number of hydrogen-bond donors (Lipinski definition) is 3. The maximum atomic E-state index is 11.6. The Morgan fingerprint density at radius 3 is 2.48 bits per heavy atom. The van der Waals surface area contributed by atoms with Gasteiger partial charge in [0.1, 0.15) is 12.6 Å². The third-order valence-electron chi connectivity index (χ3n) is 2.66. The van der Waals surface area contributed by atoms with Gasteiger partial charge in [-0.05, 0) is 12.0 Å². The number of carboxylic acids is 1. The summed E-state index contributed by atoms with van der Waals surface area (Å²) in [6.45, 7) is 0.00251. The number of primary amides is 1. The summed E-state index contributed by atoms with van der Waals surface area (Å²) in [4.78, 5) is 33.1. The number of amides is 2. The van der Waals surface area contributed by atoms with E-state index in [4.69, 9.17) is 15.6 Å². The smallest absolute Gasteiger partial charge is 0.326 e. The van der Waals surface area contributed by atoms with E-state index in [1.807, 2.05) is 30.3 Å². The van der Waals surface area contributed by atoms with Gasteiger partial charge in [-0.25, -0.2) is 4.79 Å². The second kappa shape index (κ2) is 8.70. The van der Waals surface area contributed by atoms with Crippen LogP contribution in [0.4, 0.5) is 0 Å². The number of carboxylic acid groups (broad SMARTS) is 1.